The number of carboxylic acid groups (broad SMARTS) is 1. The first-order chi connectivity index (χ1) is 6.14. The third-order valence-corrected chi connectivity index (χ3v) is 2.57. The van der Waals surface area contributed by atoms with E-state index in [2.05, 4.69) is 19.2 Å². The monoisotopic (exact) mass is 187 g/mol. The zero-order chi connectivity index (χ0) is 9.90. The van der Waals surface area contributed by atoms with Gasteiger partial charge < -0.3 is 9.84 Å². The number of hydrogen-bond acceptors (Lipinski definition) is 3. The summed E-state index contributed by atoms with van der Waals surface area (Å²) in [5.74, 6) is -0.800. The lowest BCUT2D eigenvalue weighted by atomic mass is 9.95. The number of rotatable bonds is 5. The van der Waals surface area contributed by atoms with Crippen molar-refractivity contribution in [1.82, 2.24) is 5.32 Å². The molecule has 1 saturated heterocycles. The minimum Gasteiger partial charge on any atom is -0.480 e. The standard InChI is InChI=1S/C9H17NO3/c1-3-7(4-2)10-9(8(11)12)5-13-6-9/h7,10H,3-6H2,1-2H3,(H,11,12). The highest BCUT2D eigenvalue weighted by atomic mass is 16.5. The van der Waals surface area contributed by atoms with Gasteiger partial charge in [0.2, 0.25) is 0 Å². The first-order valence-electron chi connectivity index (χ1n) is 4.73. The molecule has 1 fully saturated rings. The van der Waals surface area contributed by atoms with E-state index < -0.39 is 11.5 Å². The molecule has 1 heterocycles. The van der Waals surface area contributed by atoms with Crippen LogP contribution in [-0.4, -0.2) is 35.9 Å². The van der Waals surface area contributed by atoms with Crippen LogP contribution in [0.2, 0.25) is 0 Å². The summed E-state index contributed by atoms with van der Waals surface area (Å²) in [5.41, 5.74) is -0.809. The van der Waals surface area contributed by atoms with Gasteiger partial charge >= 0.3 is 5.97 Å². The van der Waals surface area contributed by atoms with Crippen LogP contribution < -0.4 is 5.32 Å². The second kappa shape index (κ2) is 4.07. The summed E-state index contributed by atoms with van der Waals surface area (Å²) in [7, 11) is 0. The second-order valence-electron chi connectivity index (χ2n) is 3.54. The predicted octanol–water partition coefficient (Wildman–Crippen LogP) is 0.618. The van der Waals surface area contributed by atoms with Crippen molar-refractivity contribution in [3.63, 3.8) is 0 Å². The van der Waals surface area contributed by atoms with Crippen molar-refractivity contribution >= 4 is 5.97 Å². The molecule has 0 spiro atoms. The number of ether oxygens (including phenoxy) is 1. The minimum absolute atomic E-state index is 0.278. The van der Waals surface area contributed by atoms with E-state index >= 15 is 0 Å². The van der Waals surface area contributed by atoms with Gasteiger partial charge in [0.25, 0.3) is 0 Å². The van der Waals surface area contributed by atoms with Crippen molar-refractivity contribution in [3.05, 3.63) is 0 Å². The van der Waals surface area contributed by atoms with Crippen LogP contribution in [0.4, 0.5) is 0 Å². The van der Waals surface area contributed by atoms with Crippen LogP contribution in [0.3, 0.4) is 0 Å². The lowest BCUT2D eigenvalue weighted by Gasteiger charge is -2.40. The van der Waals surface area contributed by atoms with Crippen LogP contribution in [0, 0.1) is 0 Å². The smallest absolute Gasteiger partial charge is 0.328 e. The van der Waals surface area contributed by atoms with E-state index in [1.165, 1.54) is 0 Å². The van der Waals surface area contributed by atoms with Gasteiger partial charge in [0.1, 0.15) is 0 Å². The summed E-state index contributed by atoms with van der Waals surface area (Å²) in [5, 5.41) is 12.1. The first kappa shape index (κ1) is 10.5. The van der Waals surface area contributed by atoms with Crippen molar-refractivity contribution in [2.45, 2.75) is 38.3 Å². The van der Waals surface area contributed by atoms with Crippen LogP contribution >= 0.6 is 0 Å². The van der Waals surface area contributed by atoms with E-state index in [0.29, 0.717) is 13.2 Å². The molecule has 0 unspecified atom stereocenters. The molecule has 0 bridgehead atoms. The maximum atomic E-state index is 10.9. The molecule has 4 nitrogen and oxygen atoms in total. The van der Waals surface area contributed by atoms with Gasteiger partial charge in [-0.2, -0.15) is 0 Å². The highest BCUT2D eigenvalue weighted by Gasteiger charge is 2.46. The summed E-state index contributed by atoms with van der Waals surface area (Å²) >= 11 is 0. The van der Waals surface area contributed by atoms with Crippen molar-refractivity contribution in [2.24, 2.45) is 0 Å². The largest absolute Gasteiger partial charge is 0.480 e. The van der Waals surface area contributed by atoms with Crippen molar-refractivity contribution in [1.29, 1.82) is 0 Å². The zero-order valence-corrected chi connectivity index (χ0v) is 8.17. The molecule has 2 N–H and O–H groups in total. The molecule has 0 amide bonds. The molecule has 0 aromatic carbocycles. The summed E-state index contributed by atoms with van der Waals surface area (Å²) < 4.78 is 4.95. The Kier molecular flexibility index (Phi) is 3.27. The van der Waals surface area contributed by atoms with Gasteiger partial charge in [-0.05, 0) is 12.8 Å². The van der Waals surface area contributed by atoms with E-state index in [0.717, 1.165) is 12.8 Å². The molecule has 0 aromatic rings. The van der Waals surface area contributed by atoms with E-state index in [1.54, 1.807) is 0 Å². The van der Waals surface area contributed by atoms with Gasteiger partial charge in [-0.25, -0.2) is 0 Å². The number of carbonyl (C=O) groups is 1. The molecule has 0 radical (unpaired) electrons. The second-order valence-corrected chi connectivity index (χ2v) is 3.54. The summed E-state index contributed by atoms with van der Waals surface area (Å²) in [6, 6.07) is 0.278. The van der Waals surface area contributed by atoms with Crippen LogP contribution in [0.5, 0.6) is 0 Å². The van der Waals surface area contributed by atoms with Crippen LogP contribution in [0.1, 0.15) is 26.7 Å². The Morgan fingerprint density at radius 3 is 2.31 bits per heavy atom. The van der Waals surface area contributed by atoms with Gasteiger partial charge in [0.05, 0.1) is 13.2 Å². The highest BCUT2D eigenvalue weighted by molar-refractivity contribution is 5.80. The van der Waals surface area contributed by atoms with Crippen LogP contribution in [-0.2, 0) is 9.53 Å². The highest BCUT2D eigenvalue weighted by Crippen LogP contribution is 2.19. The number of hydrogen-bond donors (Lipinski definition) is 2. The molecule has 0 saturated carbocycles. The lowest BCUT2D eigenvalue weighted by Crippen LogP contribution is -2.67. The average molecular weight is 187 g/mol. The van der Waals surface area contributed by atoms with Crippen LogP contribution in [0.15, 0.2) is 0 Å². The minimum atomic E-state index is -0.809. The van der Waals surface area contributed by atoms with Crippen molar-refractivity contribution in [2.75, 3.05) is 13.2 Å². The molecule has 4 heteroatoms. The fourth-order valence-corrected chi connectivity index (χ4v) is 1.46. The molecule has 1 aliphatic rings. The molecule has 13 heavy (non-hydrogen) atoms. The van der Waals surface area contributed by atoms with Crippen molar-refractivity contribution < 1.29 is 14.6 Å². The fraction of sp³-hybridized carbons (Fsp3) is 0.889. The van der Waals surface area contributed by atoms with Gasteiger partial charge in [-0.15, -0.1) is 0 Å². The molecule has 0 aromatic heterocycles. The van der Waals surface area contributed by atoms with E-state index in [1.807, 2.05) is 0 Å². The van der Waals surface area contributed by atoms with Gasteiger partial charge in [0.15, 0.2) is 5.54 Å². The molecule has 0 atom stereocenters. The molecular weight excluding hydrogens is 170 g/mol. The Hall–Kier alpha value is -0.610. The normalized spacial score (nSPS) is 19.9. The lowest BCUT2D eigenvalue weighted by molar-refractivity contribution is -0.167. The third kappa shape index (κ3) is 2.00. The fourth-order valence-electron chi connectivity index (χ4n) is 1.46. The number of aliphatic carboxylic acids is 1. The Balaban J connectivity index is 2.52. The van der Waals surface area contributed by atoms with Gasteiger partial charge in [-0.3, -0.25) is 10.1 Å². The Morgan fingerprint density at radius 2 is 2.08 bits per heavy atom. The van der Waals surface area contributed by atoms with Crippen molar-refractivity contribution in [3.8, 4) is 0 Å². The summed E-state index contributed by atoms with van der Waals surface area (Å²) in [6.07, 6.45) is 1.90. The van der Waals surface area contributed by atoms with Crippen LogP contribution in [0.25, 0.3) is 0 Å². The zero-order valence-electron chi connectivity index (χ0n) is 8.17. The summed E-state index contributed by atoms with van der Waals surface area (Å²) in [6.45, 7) is 4.68. The number of carboxylic acids is 1. The van der Waals surface area contributed by atoms with Gasteiger partial charge in [0, 0.05) is 6.04 Å². The SMILES string of the molecule is CCC(CC)NC1(C(=O)O)COC1. The Morgan fingerprint density at radius 1 is 1.54 bits per heavy atom. The third-order valence-electron chi connectivity index (χ3n) is 2.57. The average Bonchev–Trinajstić information content (AvgIpc) is 2.03. The van der Waals surface area contributed by atoms with E-state index in [9.17, 15) is 4.79 Å². The Bertz CT molecular complexity index is 185. The van der Waals surface area contributed by atoms with E-state index in [4.69, 9.17) is 9.84 Å². The molecule has 1 rings (SSSR count). The molecular formula is C9H17NO3. The maximum Gasteiger partial charge on any atom is 0.328 e. The topological polar surface area (TPSA) is 58.6 Å². The first-order valence-corrected chi connectivity index (χ1v) is 4.73. The van der Waals surface area contributed by atoms with Gasteiger partial charge in [-0.1, -0.05) is 13.8 Å². The quantitative estimate of drug-likeness (QED) is 0.662. The maximum absolute atomic E-state index is 10.9. The predicted molar refractivity (Wildman–Crippen MR) is 48.7 cm³/mol. The summed E-state index contributed by atoms with van der Waals surface area (Å²) in [4.78, 5) is 10.9. The number of nitrogens with one attached hydrogen (secondary N) is 1. The van der Waals surface area contributed by atoms with E-state index in [-0.39, 0.29) is 6.04 Å². The Labute approximate surface area is 78.3 Å². The molecule has 76 valence electrons. The molecule has 1 aliphatic heterocycles. The molecule has 0 aliphatic carbocycles.